The zero-order valence-electron chi connectivity index (χ0n) is 10.7. The number of hydrogen-bond donors (Lipinski definition) is 1. The maximum atomic E-state index is 10.0. The SMILES string of the molecule is Cn1nccc1CCC(O)Cc1ccc(Cl)c(Cl)c1. The third kappa shape index (κ3) is 3.96. The van der Waals surface area contributed by atoms with Gasteiger partial charge in [0.05, 0.1) is 16.1 Å². The lowest BCUT2D eigenvalue weighted by molar-refractivity contribution is 0.164. The molecule has 1 N–H and O–H groups in total. The quantitative estimate of drug-likeness (QED) is 0.920. The summed E-state index contributed by atoms with van der Waals surface area (Å²) < 4.78 is 1.83. The van der Waals surface area contributed by atoms with Gasteiger partial charge in [-0.1, -0.05) is 29.3 Å². The van der Waals surface area contributed by atoms with E-state index in [2.05, 4.69) is 5.10 Å². The van der Waals surface area contributed by atoms with E-state index in [4.69, 9.17) is 23.2 Å². The van der Waals surface area contributed by atoms with Crippen molar-refractivity contribution in [3.63, 3.8) is 0 Å². The summed E-state index contributed by atoms with van der Waals surface area (Å²) in [5.74, 6) is 0. The lowest BCUT2D eigenvalue weighted by Gasteiger charge is -2.11. The van der Waals surface area contributed by atoms with Crippen LogP contribution in [0.15, 0.2) is 30.5 Å². The Balaban J connectivity index is 1.88. The molecule has 1 heterocycles. The number of halogens is 2. The van der Waals surface area contributed by atoms with Crippen molar-refractivity contribution in [3.8, 4) is 0 Å². The van der Waals surface area contributed by atoms with Crippen LogP contribution in [-0.4, -0.2) is 21.0 Å². The fourth-order valence-electron chi connectivity index (χ4n) is 2.00. The van der Waals surface area contributed by atoms with Gasteiger partial charge in [0.1, 0.15) is 0 Å². The number of aliphatic hydroxyl groups is 1. The van der Waals surface area contributed by atoms with E-state index in [-0.39, 0.29) is 0 Å². The molecular weight excluding hydrogens is 283 g/mol. The molecule has 1 atom stereocenters. The van der Waals surface area contributed by atoms with Crippen LogP contribution < -0.4 is 0 Å². The Kier molecular flexibility index (Phi) is 4.86. The fraction of sp³-hybridized carbons (Fsp3) is 0.357. The van der Waals surface area contributed by atoms with Gasteiger partial charge >= 0.3 is 0 Å². The van der Waals surface area contributed by atoms with Gasteiger partial charge in [-0.05, 0) is 43.0 Å². The standard InChI is InChI=1S/C14H16Cl2N2O/c1-18-11(6-7-17-18)3-4-12(19)8-10-2-5-13(15)14(16)9-10/h2,5-7,9,12,19H,3-4,8H2,1H3. The minimum atomic E-state index is -0.396. The van der Waals surface area contributed by atoms with Crippen LogP contribution in [0.5, 0.6) is 0 Å². The molecular formula is C14H16Cl2N2O. The number of benzene rings is 1. The highest BCUT2D eigenvalue weighted by Gasteiger charge is 2.09. The zero-order valence-corrected chi connectivity index (χ0v) is 12.2. The fourth-order valence-corrected chi connectivity index (χ4v) is 2.32. The molecule has 0 spiro atoms. The van der Waals surface area contributed by atoms with E-state index in [0.29, 0.717) is 22.9 Å². The van der Waals surface area contributed by atoms with Gasteiger partial charge in [-0.3, -0.25) is 4.68 Å². The second-order valence-electron chi connectivity index (χ2n) is 4.59. The summed E-state index contributed by atoms with van der Waals surface area (Å²) in [6.45, 7) is 0. The topological polar surface area (TPSA) is 38.0 Å². The average Bonchev–Trinajstić information content (AvgIpc) is 2.77. The van der Waals surface area contributed by atoms with Gasteiger partial charge in [0.15, 0.2) is 0 Å². The Morgan fingerprint density at radius 1 is 1.26 bits per heavy atom. The van der Waals surface area contributed by atoms with E-state index in [1.807, 2.05) is 23.9 Å². The summed E-state index contributed by atoms with van der Waals surface area (Å²) >= 11 is 11.8. The smallest absolute Gasteiger partial charge is 0.0595 e. The van der Waals surface area contributed by atoms with E-state index in [1.54, 1.807) is 18.3 Å². The van der Waals surface area contributed by atoms with Crippen LogP contribution in [0.2, 0.25) is 10.0 Å². The first-order chi connectivity index (χ1) is 9.06. The Morgan fingerprint density at radius 3 is 2.68 bits per heavy atom. The van der Waals surface area contributed by atoms with E-state index in [9.17, 15) is 5.11 Å². The highest BCUT2D eigenvalue weighted by atomic mass is 35.5. The van der Waals surface area contributed by atoms with Crippen LogP contribution in [0.1, 0.15) is 17.7 Å². The molecule has 1 aromatic heterocycles. The van der Waals surface area contributed by atoms with E-state index in [1.165, 1.54) is 0 Å². The molecule has 0 aliphatic rings. The van der Waals surface area contributed by atoms with Crippen LogP contribution >= 0.6 is 23.2 Å². The van der Waals surface area contributed by atoms with Gasteiger partial charge in [0, 0.05) is 18.9 Å². The lowest BCUT2D eigenvalue weighted by Crippen LogP contribution is -2.12. The highest BCUT2D eigenvalue weighted by Crippen LogP contribution is 2.23. The normalized spacial score (nSPS) is 12.6. The van der Waals surface area contributed by atoms with Gasteiger partial charge in [-0.2, -0.15) is 5.10 Å². The molecule has 0 amide bonds. The van der Waals surface area contributed by atoms with Gasteiger partial charge in [0.25, 0.3) is 0 Å². The molecule has 3 nitrogen and oxygen atoms in total. The van der Waals surface area contributed by atoms with E-state index >= 15 is 0 Å². The molecule has 0 radical (unpaired) electrons. The van der Waals surface area contributed by atoms with E-state index < -0.39 is 6.10 Å². The van der Waals surface area contributed by atoms with Crippen LogP contribution in [-0.2, 0) is 19.9 Å². The van der Waals surface area contributed by atoms with Crippen molar-refractivity contribution in [2.75, 3.05) is 0 Å². The van der Waals surface area contributed by atoms with Crippen molar-refractivity contribution < 1.29 is 5.11 Å². The summed E-state index contributed by atoms with van der Waals surface area (Å²) in [5, 5.41) is 15.2. The summed E-state index contributed by atoms with van der Waals surface area (Å²) in [4.78, 5) is 0. The van der Waals surface area contributed by atoms with Crippen molar-refractivity contribution in [3.05, 3.63) is 51.8 Å². The van der Waals surface area contributed by atoms with E-state index in [0.717, 1.165) is 17.7 Å². The largest absolute Gasteiger partial charge is 0.393 e. The van der Waals surface area contributed by atoms with Crippen LogP contribution in [0, 0.1) is 0 Å². The molecule has 2 aromatic rings. The summed E-state index contributed by atoms with van der Waals surface area (Å²) in [7, 11) is 1.90. The number of hydrogen-bond acceptors (Lipinski definition) is 2. The Bertz CT molecular complexity index is 554. The van der Waals surface area contributed by atoms with Gasteiger partial charge in [-0.15, -0.1) is 0 Å². The molecule has 0 bridgehead atoms. The molecule has 1 aromatic carbocycles. The Morgan fingerprint density at radius 2 is 2.05 bits per heavy atom. The maximum Gasteiger partial charge on any atom is 0.0595 e. The molecule has 102 valence electrons. The second-order valence-corrected chi connectivity index (χ2v) is 5.41. The highest BCUT2D eigenvalue weighted by molar-refractivity contribution is 6.42. The number of rotatable bonds is 5. The molecule has 0 aliphatic carbocycles. The van der Waals surface area contributed by atoms with Gasteiger partial charge in [0.2, 0.25) is 0 Å². The van der Waals surface area contributed by atoms with Crippen molar-refractivity contribution in [2.24, 2.45) is 7.05 Å². The van der Waals surface area contributed by atoms with Crippen molar-refractivity contribution in [1.82, 2.24) is 9.78 Å². The first kappa shape index (κ1) is 14.4. The second kappa shape index (κ2) is 6.42. The molecule has 1 unspecified atom stereocenters. The van der Waals surface area contributed by atoms with Crippen LogP contribution in [0.3, 0.4) is 0 Å². The third-order valence-electron chi connectivity index (χ3n) is 3.11. The predicted molar refractivity (Wildman–Crippen MR) is 77.7 cm³/mol. The molecule has 0 aliphatic heterocycles. The van der Waals surface area contributed by atoms with Gasteiger partial charge < -0.3 is 5.11 Å². The number of aliphatic hydroxyl groups excluding tert-OH is 1. The summed E-state index contributed by atoms with van der Waals surface area (Å²) in [6, 6.07) is 7.41. The number of aromatic nitrogens is 2. The Labute approximate surface area is 122 Å². The molecule has 0 fully saturated rings. The monoisotopic (exact) mass is 298 g/mol. The number of aryl methyl sites for hydroxylation is 2. The Hall–Kier alpha value is -1.03. The first-order valence-corrected chi connectivity index (χ1v) is 6.90. The minimum absolute atomic E-state index is 0.396. The zero-order chi connectivity index (χ0) is 13.8. The van der Waals surface area contributed by atoms with Crippen LogP contribution in [0.4, 0.5) is 0 Å². The van der Waals surface area contributed by atoms with Crippen molar-refractivity contribution in [2.45, 2.75) is 25.4 Å². The minimum Gasteiger partial charge on any atom is -0.393 e. The van der Waals surface area contributed by atoms with Crippen molar-refractivity contribution >= 4 is 23.2 Å². The lowest BCUT2D eigenvalue weighted by atomic mass is 10.0. The molecule has 0 saturated heterocycles. The first-order valence-electron chi connectivity index (χ1n) is 6.15. The average molecular weight is 299 g/mol. The van der Waals surface area contributed by atoms with Crippen LogP contribution in [0.25, 0.3) is 0 Å². The molecule has 0 saturated carbocycles. The summed E-state index contributed by atoms with van der Waals surface area (Å²) in [6.07, 6.45) is 3.45. The maximum absolute atomic E-state index is 10.0. The predicted octanol–water partition coefficient (Wildman–Crippen LogP) is 3.26. The van der Waals surface area contributed by atoms with Gasteiger partial charge in [-0.25, -0.2) is 0 Å². The molecule has 2 rings (SSSR count). The summed E-state index contributed by atoms with van der Waals surface area (Å²) in [5.41, 5.74) is 2.11. The molecule has 5 heteroatoms. The third-order valence-corrected chi connectivity index (χ3v) is 3.85. The van der Waals surface area contributed by atoms with Crippen molar-refractivity contribution in [1.29, 1.82) is 0 Å². The molecule has 19 heavy (non-hydrogen) atoms. The number of nitrogens with zero attached hydrogens (tertiary/aromatic N) is 2.